The summed E-state index contributed by atoms with van der Waals surface area (Å²) < 4.78 is 11.6. The van der Waals surface area contributed by atoms with E-state index in [9.17, 15) is 9.59 Å². The Morgan fingerprint density at radius 1 is 0.806 bits per heavy atom. The van der Waals surface area contributed by atoms with Crippen molar-refractivity contribution in [1.82, 2.24) is 13.7 Å². The zero-order chi connectivity index (χ0) is 25.3. The van der Waals surface area contributed by atoms with E-state index in [-0.39, 0.29) is 11.2 Å². The van der Waals surface area contributed by atoms with Crippen molar-refractivity contribution in [3.63, 3.8) is 0 Å². The molecule has 1 atom stereocenters. The number of ether oxygens (including phenoxy) is 1. The number of fused-ring (bicyclic) bond motifs is 5. The highest BCUT2D eigenvalue weighted by Gasteiger charge is 2.37. The summed E-state index contributed by atoms with van der Waals surface area (Å²) in [4.78, 5) is 27.0. The summed E-state index contributed by atoms with van der Waals surface area (Å²) in [7, 11) is 3.27. The Hall–Kier alpha value is -4.32. The van der Waals surface area contributed by atoms with Gasteiger partial charge in [-0.05, 0) is 49.6 Å². The summed E-state index contributed by atoms with van der Waals surface area (Å²) in [5.74, 6) is 0.735. The molecule has 0 radical (unpaired) electrons. The van der Waals surface area contributed by atoms with E-state index in [4.69, 9.17) is 4.74 Å². The second kappa shape index (κ2) is 7.85. The maximum Gasteiger partial charge on any atom is 0.331 e. The maximum atomic E-state index is 13.8. The number of hydrogen-bond donors (Lipinski definition) is 0. The molecule has 0 N–H and O–H groups in total. The average Bonchev–Trinajstić information content (AvgIpc) is 3.23. The first-order valence-electron chi connectivity index (χ1n) is 12.0. The summed E-state index contributed by atoms with van der Waals surface area (Å²) >= 11 is 0. The molecule has 1 aliphatic heterocycles. The van der Waals surface area contributed by atoms with E-state index in [0.29, 0.717) is 10.9 Å². The number of benzene rings is 3. The fourth-order valence-corrected chi connectivity index (χ4v) is 5.46. The van der Waals surface area contributed by atoms with Crippen LogP contribution in [0.2, 0.25) is 0 Å². The van der Waals surface area contributed by atoms with Crippen molar-refractivity contribution in [3.05, 3.63) is 116 Å². The summed E-state index contributed by atoms with van der Waals surface area (Å²) in [6.07, 6.45) is -0.501. The molecule has 3 heterocycles. The Balaban J connectivity index is 1.91. The number of rotatable bonds is 2. The molecule has 0 spiro atoms. The molecule has 6 heteroatoms. The molecule has 0 amide bonds. The molecule has 2 aromatic heterocycles. The van der Waals surface area contributed by atoms with Gasteiger partial charge in [0.1, 0.15) is 5.75 Å². The van der Waals surface area contributed by atoms with Gasteiger partial charge >= 0.3 is 5.69 Å². The van der Waals surface area contributed by atoms with Crippen LogP contribution in [0.15, 0.2) is 76.3 Å². The Bertz CT molecular complexity index is 1820. The first kappa shape index (κ1) is 22.2. The second-order valence-electron chi connectivity index (χ2n) is 9.64. The lowest BCUT2D eigenvalue weighted by molar-refractivity contribution is 0.228. The van der Waals surface area contributed by atoms with E-state index in [1.165, 1.54) is 11.6 Å². The molecule has 0 unspecified atom stereocenters. The molecule has 36 heavy (non-hydrogen) atoms. The molecule has 5 aromatic rings. The highest BCUT2D eigenvalue weighted by Crippen LogP contribution is 2.47. The third-order valence-electron chi connectivity index (χ3n) is 7.33. The third kappa shape index (κ3) is 2.97. The van der Waals surface area contributed by atoms with Crippen molar-refractivity contribution < 1.29 is 4.74 Å². The maximum absolute atomic E-state index is 13.8. The molecule has 180 valence electrons. The van der Waals surface area contributed by atoms with E-state index in [1.807, 2.05) is 62.4 Å². The van der Waals surface area contributed by atoms with Gasteiger partial charge in [0.05, 0.1) is 28.0 Å². The summed E-state index contributed by atoms with van der Waals surface area (Å²) in [6, 6.07) is 22.3. The first-order chi connectivity index (χ1) is 17.3. The fourth-order valence-electron chi connectivity index (χ4n) is 5.46. The van der Waals surface area contributed by atoms with Crippen LogP contribution >= 0.6 is 0 Å². The van der Waals surface area contributed by atoms with Crippen LogP contribution in [0, 0.1) is 20.8 Å². The highest BCUT2D eigenvalue weighted by molar-refractivity contribution is 5.99. The van der Waals surface area contributed by atoms with Gasteiger partial charge in [0.15, 0.2) is 6.10 Å². The molecule has 0 saturated carbocycles. The van der Waals surface area contributed by atoms with Crippen LogP contribution in [0.5, 0.6) is 5.75 Å². The second-order valence-corrected chi connectivity index (χ2v) is 9.64. The number of aryl methyl sites for hydroxylation is 4. The minimum Gasteiger partial charge on any atom is -0.477 e. The van der Waals surface area contributed by atoms with Crippen molar-refractivity contribution in [2.45, 2.75) is 26.9 Å². The van der Waals surface area contributed by atoms with Crippen molar-refractivity contribution in [2.24, 2.45) is 14.1 Å². The van der Waals surface area contributed by atoms with E-state index in [1.54, 1.807) is 11.6 Å². The Morgan fingerprint density at radius 3 is 2.22 bits per heavy atom. The molecule has 0 fully saturated rings. The number of nitrogens with zero attached hydrogens (tertiary/aromatic N) is 3. The van der Waals surface area contributed by atoms with Crippen molar-refractivity contribution in [2.75, 3.05) is 0 Å². The van der Waals surface area contributed by atoms with Gasteiger partial charge < -0.3 is 9.30 Å². The Morgan fingerprint density at radius 2 is 1.50 bits per heavy atom. The van der Waals surface area contributed by atoms with E-state index >= 15 is 0 Å². The van der Waals surface area contributed by atoms with Gasteiger partial charge in [-0.2, -0.15) is 0 Å². The topological polar surface area (TPSA) is 58.2 Å². The van der Waals surface area contributed by atoms with Gasteiger partial charge in [-0.25, -0.2) is 4.79 Å². The zero-order valence-corrected chi connectivity index (χ0v) is 21.0. The molecule has 0 saturated heterocycles. The number of hydrogen-bond acceptors (Lipinski definition) is 3. The van der Waals surface area contributed by atoms with E-state index in [2.05, 4.69) is 29.7 Å². The molecule has 6 nitrogen and oxygen atoms in total. The van der Waals surface area contributed by atoms with E-state index in [0.717, 1.165) is 50.6 Å². The normalized spacial score (nSPS) is 14.4. The molecule has 3 aromatic carbocycles. The van der Waals surface area contributed by atoms with Gasteiger partial charge in [0.25, 0.3) is 5.56 Å². The van der Waals surface area contributed by atoms with Crippen LogP contribution in [-0.2, 0) is 14.1 Å². The number of aromatic nitrogens is 3. The van der Waals surface area contributed by atoms with Crippen LogP contribution in [0.4, 0.5) is 0 Å². The molecule has 0 bridgehead atoms. The van der Waals surface area contributed by atoms with E-state index < -0.39 is 6.10 Å². The largest absolute Gasteiger partial charge is 0.477 e. The Kier molecular flexibility index (Phi) is 4.83. The summed E-state index contributed by atoms with van der Waals surface area (Å²) in [6.45, 7) is 6.14. The lowest BCUT2D eigenvalue weighted by Crippen LogP contribution is -2.37. The molecule has 6 rings (SSSR count). The first-order valence-corrected chi connectivity index (χ1v) is 12.0. The van der Waals surface area contributed by atoms with Crippen molar-refractivity contribution in [3.8, 4) is 22.7 Å². The SMILES string of the molecule is Cc1ccc2c(c1)-n1c(-c3ccccc3C)c3c(=O)n(C)c(=O)n(C)c3c1[C@H](c1ccccc1C)O2. The van der Waals surface area contributed by atoms with Crippen LogP contribution < -0.4 is 16.0 Å². The molecule has 0 aliphatic carbocycles. The quantitative estimate of drug-likeness (QED) is 0.355. The predicted molar refractivity (Wildman–Crippen MR) is 142 cm³/mol. The summed E-state index contributed by atoms with van der Waals surface area (Å²) in [5.41, 5.74) is 7.48. The third-order valence-corrected chi connectivity index (χ3v) is 7.33. The predicted octanol–water partition coefficient (Wildman–Crippen LogP) is 5.10. The van der Waals surface area contributed by atoms with Gasteiger partial charge in [0.2, 0.25) is 0 Å². The average molecular weight is 478 g/mol. The monoisotopic (exact) mass is 477 g/mol. The zero-order valence-electron chi connectivity index (χ0n) is 21.0. The minimum absolute atomic E-state index is 0.314. The van der Waals surface area contributed by atoms with Crippen LogP contribution in [-0.4, -0.2) is 13.7 Å². The van der Waals surface area contributed by atoms with Crippen molar-refractivity contribution in [1.29, 1.82) is 0 Å². The highest BCUT2D eigenvalue weighted by atomic mass is 16.5. The molecular formula is C30H27N3O3. The molecular weight excluding hydrogens is 450 g/mol. The standard InChI is InChI=1S/C30H27N3O3/c1-17-14-15-23-22(16-17)33-25(20-12-8-6-10-18(20)2)24-26(31(4)30(35)32(5)29(24)34)27(33)28(36-23)21-13-9-7-11-19(21)3/h6-16,28H,1-5H3/t28-/m0/s1. The van der Waals surface area contributed by atoms with Crippen LogP contribution in [0.1, 0.15) is 34.1 Å². The summed E-state index contributed by atoms with van der Waals surface area (Å²) in [5, 5.41) is 0.514. The van der Waals surface area contributed by atoms with Gasteiger partial charge in [-0.15, -0.1) is 0 Å². The van der Waals surface area contributed by atoms with Gasteiger partial charge in [-0.1, -0.05) is 54.6 Å². The lowest BCUT2D eigenvalue weighted by Gasteiger charge is -2.31. The smallest absolute Gasteiger partial charge is 0.331 e. The lowest BCUT2D eigenvalue weighted by atomic mass is 9.98. The van der Waals surface area contributed by atoms with Crippen molar-refractivity contribution >= 4 is 10.9 Å². The Labute approximate surface area is 208 Å². The molecule has 1 aliphatic rings. The van der Waals surface area contributed by atoms with Crippen LogP contribution in [0.3, 0.4) is 0 Å². The van der Waals surface area contributed by atoms with Gasteiger partial charge in [0, 0.05) is 25.2 Å². The van der Waals surface area contributed by atoms with Gasteiger partial charge in [-0.3, -0.25) is 13.9 Å². The van der Waals surface area contributed by atoms with Crippen LogP contribution in [0.25, 0.3) is 27.8 Å². The minimum atomic E-state index is -0.501. The fraction of sp³-hybridized carbons (Fsp3) is 0.200.